The molecule has 86 valence electrons. The Morgan fingerprint density at radius 3 is 2.40 bits per heavy atom. The molecule has 2 nitrogen and oxygen atoms in total. The lowest BCUT2D eigenvalue weighted by Gasteiger charge is -2.10. The van der Waals surface area contributed by atoms with Gasteiger partial charge in [0.15, 0.2) is 0 Å². The monoisotopic (exact) mass is 209 g/mol. The molecule has 0 aromatic carbocycles. The van der Waals surface area contributed by atoms with E-state index in [2.05, 4.69) is 5.32 Å². The highest BCUT2D eigenvalue weighted by molar-refractivity contribution is 4.99. The molecule has 0 bridgehead atoms. The van der Waals surface area contributed by atoms with E-state index in [1.807, 2.05) is 0 Å². The predicted octanol–water partition coefficient (Wildman–Crippen LogP) is 2.19. The van der Waals surface area contributed by atoms with Gasteiger partial charge in [-0.3, -0.25) is 0 Å². The van der Waals surface area contributed by atoms with Gasteiger partial charge in [-0.15, -0.1) is 0 Å². The number of hydrogen-bond donors (Lipinski definition) is 1. The van der Waals surface area contributed by atoms with Crippen molar-refractivity contribution in [2.75, 3.05) is 19.7 Å². The molecule has 3 unspecified atom stereocenters. The smallest absolute Gasteiger partial charge is 0.0700 e. The van der Waals surface area contributed by atoms with Crippen molar-refractivity contribution < 1.29 is 4.74 Å². The van der Waals surface area contributed by atoms with Gasteiger partial charge in [-0.25, -0.2) is 0 Å². The van der Waals surface area contributed by atoms with Crippen molar-refractivity contribution in [2.45, 2.75) is 44.6 Å². The van der Waals surface area contributed by atoms with Crippen LogP contribution >= 0.6 is 0 Å². The van der Waals surface area contributed by atoms with Gasteiger partial charge in [0.1, 0.15) is 0 Å². The van der Waals surface area contributed by atoms with E-state index in [4.69, 9.17) is 4.74 Å². The summed E-state index contributed by atoms with van der Waals surface area (Å²) >= 11 is 0. The maximum Gasteiger partial charge on any atom is 0.0700 e. The summed E-state index contributed by atoms with van der Waals surface area (Å²) in [4.78, 5) is 0. The molecule has 1 N–H and O–H groups in total. The molecule has 1 saturated heterocycles. The quantitative estimate of drug-likeness (QED) is 0.766. The van der Waals surface area contributed by atoms with Gasteiger partial charge in [0.25, 0.3) is 0 Å². The molecule has 1 heterocycles. The molecule has 1 aliphatic heterocycles. The van der Waals surface area contributed by atoms with Crippen LogP contribution in [0.1, 0.15) is 38.5 Å². The molecule has 0 spiro atoms. The van der Waals surface area contributed by atoms with Gasteiger partial charge >= 0.3 is 0 Å². The number of ether oxygens (including phenoxy) is 1. The van der Waals surface area contributed by atoms with Crippen LogP contribution in [0.25, 0.3) is 0 Å². The molecule has 2 aliphatic carbocycles. The van der Waals surface area contributed by atoms with Gasteiger partial charge in [-0.1, -0.05) is 12.8 Å². The van der Waals surface area contributed by atoms with Crippen LogP contribution in [-0.4, -0.2) is 25.8 Å². The summed E-state index contributed by atoms with van der Waals surface area (Å²) in [5.74, 6) is 3.21. The minimum atomic E-state index is 0.519. The Kier molecular flexibility index (Phi) is 2.98. The van der Waals surface area contributed by atoms with Crippen molar-refractivity contribution in [3.05, 3.63) is 0 Å². The maximum atomic E-state index is 5.61. The van der Waals surface area contributed by atoms with E-state index in [-0.39, 0.29) is 0 Å². The molecule has 3 rings (SSSR count). The van der Waals surface area contributed by atoms with Gasteiger partial charge in [0.2, 0.25) is 0 Å². The molecule has 0 radical (unpaired) electrons. The molecular weight excluding hydrogens is 186 g/mol. The first kappa shape index (κ1) is 10.1. The Balaban J connectivity index is 1.33. The molecule has 0 aromatic rings. The van der Waals surface area contributed by atoms with E-state index in [9.17, 15) is 0 Å². The summed E-state index contributed by atoms with van der Waals surface area (Å²) in [5, 5.41) is 3.62. The first-order valence-corrected chi connectivity index (χ1v) is 6.77. The Morgan fingerprint density at radius 1 is 0.933 bits per heavy atom. The summed E-state index contributed by atoms with van der Waals surface area (Å²) in [6.45, 7) is 3.34. The summed E-state index contributed by atoms with van der Waals surface area (Å²) in [5.41, 5.74) is 0. The third-order valence-corrected chi connectivity index (χ3v) is 4.61. The molecule has 15 heavy (non-hydrogen) atoms. The van der Waals surface area contributed by atoms with E-state index in [0.29, 0.717) is 6.10 Å². The van der Waals surface area contributed by atoms with Gasteiger partial charge < -0.3 is 10.1 Å². The average Bonchev–Trinajstić information content (AvgIpc) is 2.73. The van der Waals surface area contributed by atoms with E-state index >= 15 is 0 Å². The number of rotatable bonds is 4. The number of fused-ring (bicyclic) bond motifs is 1. The second kappa shape index (κ2) is 4.42. The Hall–Kier alpha value is -0.0800. The lowest BCUT2D eigenvalue weighted by Crippen LogP contribution is -2.28. The lowest BCUT2D eigenvalue weighted by molar-refractivity contribution is 0.110. The number of hydrogen-bond acceptors (Lipinski definition) is 2. The van der Waals surface area contributed by atoms with Gasteiger partial charge in [0, 0.05) is 13.2 Å². The molecular formula is C13H23NO. The third-order valence-electron chi connectivity index (χ3n) is 4.61. The highest BCUT2D eigenvalue weighted by atomic mass is 16.5. The van der Waals surface area contributed by atoms with Crippen molar-refractivity contribution in [1.29, 1.82) is 0 Å². The zero-order chi connectivity index (χ0) is 10.1. The second-order valence-electron chi connectivity index (χ2n) is 5.57. The highest BCUT2D eigenvalue weighted by Crippen LogP contribution is 2.54. The second-order valence-corrected chi connectivity index (χ2v) is 5.57. The molecule has 2 saturated carbocycles. The van der Waals surface area contributed by atoms with Gasteiger partial charge in [-0.05, 0) is 50.0 Å². The van der Waals surface area contributed by atoms with Crippen molar-refractivity contribution in [1.82, 2.24) is 5.32 Å². The fourth-order valence-corrected chi connectivity index (χ4v) is 3.66. The zero-order valence-electron chi connectivity index (χ0n) is 9.58. The van der Waals surface area contributed by atoms with Crippen LogP contribution in [-0.2, 0) is 4.74 Å². The fraction of sp³-hybridized carbons (Fsp3) is 1.00. The normalized spacial score (nSPS) is 44.0. The SMILES string of the molecule is C1COC(CNCC2C3CCCCC32)C1. The van der Waals surface area contributed by atoms with Crippen LogP contribution < -0.4 is 5.32 Å². The Labute approximate surface area is 92.8 Å². The molecule has 3 fully saturated rings. The highest BCUT2D eigenvalue weighted by Gasteiger charge is 2.49. The Morgan fingerprint density at radius 2 is 1.73 bits per heavy atom. The van der Waals surface area contributed by atoms with Crippen LogP contribution in [0.3, 0.4) is 0 Å². The van der Waals surface area contributed by atoms with E-state index in [1.165, 1.54) is 45.1 Å². The summed E-state index contributed by atoms with van der Waals surface area (Å²) in [7, 11) is 0. The van der Waals surface area contributed by atoms with Crippen molar-refractivity contribution >= 4 is 0 Å². The van der Waals surface area contributed by atoms with E-state index in [1.54, 1.807) is 0 Å². The number of nitrogens with one attached hydrogen (secondary N) is 1. The van der Waals surface area contributed by atoms with Gasteiger partial charge in [-0.2, -0.15) is 0 Å². The average molecular weight is 209 g/mol. The largest absolute Gasteiger partial charge is 0.377 e. The topological polar surface area (TPSA) is 21.3 Å². The summed E-state index contributed by atoms with van der Waals surface area (Å²) < 4.78 is 5.61. The van der Waals surface area contributed by atoms with Crippen LogP contribution in [0.2, 0.25) is 0 Å². The van der Waals surface area contributed by atoms with Crippen LogP contribution in [0, 0.1) is 17.8 Å². The van der Waals surface area contributed by atoms with Crippen molar-refractivity contribution in [2.24, 2.45) is 17.8 Å². The van der Waals surface area contributed by atoms with Crippen LogP contribution in [0.15, 0.2) is 0 Å². The standard InChI is InChI=1S/C13H23NO/c1-2-6-12-11(5-1)13(12)9-14-8-10-4-3-7-15-10/h10-14H,1-9H2. The first-order chi connectivity index (χ1) is 7.45. The fourth-order valence-electron chi connectivity index (χ4n) is 3.66. The van der Waals surface area contributed by atoms with Crippen LogP contribution in [0.4, 0.5) is 0 Å². The van der Waals surface area contributed by atoms with E-state index in [0.717, 1.165) is 30.9 Å². The lowest BCUT2D eigenvalue weighted by atomic mass is 10.0. The molecule has 0 amide bonds. The third kappa shape index (κ3) is 2.21. The van der Waals surface area contributed by atoms with E-state index < -0.39 is 0 Å². The summed E-state index contributed by atoms with van der Waals surface area (Å²) in [6.07, 6.45) is 9.05. The van der Waals surface area contributed by atoms with Crippen molar-refractivity contribution in [3.63, 3.8) is 0 Å². The minimum absolute atomic E-state index is 0.519. The molecule has 3 aliphatic rings. The summed E-state index contributed by atoms with van der Waals surface area (Å²) in [6, 6.07) is 0. The zero-order valence-corrected chi connectivity index (χ0v) is 9.58. The maximum absolute atomic E-state index is 5.61. The van der Waals surface area contributed by atoms with Gasteiger partial charge in [0.05, 0.1) is 6.10 Å². The molecule has 2 heteroatoms. The molecule has 3 atom stereocenters. The van der Waals surface area contributed by atoms with Crippen LogP contribution in [0.5, 0.6) is 0 Å². The first-order valence-electron chi connectivity index (χ1n) is 6.77. The molecule has 0 aromatic heterocycles. The predicted molar refractivity (Wildman–Crippen MR) is 60.8 cm³/mol. The minimum Gasteiger partial charge on any atom is -0.377 e. The Bertz CT molecular complexity index is 201. The van der Waals surface area contributed by atoms with Crippen molar-refractivity contribution in [3.8, 4) is 0 Å².